The van der Waals surface area contributed by atoms with E-state index in [1.807, 2.05) is 14.1 Å². The molecule has 1 aliphatic heterocycles. The van der Waals surface area contributed by atoms with Crippen molar-refractivity contribution >= 4 is 10.0 Å². The summed E-state index contributed by atoms with van der Waals surface area (Å²) in [5.41, 5.74) is 0. The van der Waals surface area contributed by atoms with Crippen molar-refractivity contribution in [2.75, 3.05) is 40.3 Å². The third-order valence-electron chi connectivity index (χ3n) is 2.79. The Morgan fingerprint density at radius 3 is 2.69 bits per heavy atom. The van der Waals surface area contributed by atoms with E-state index >= 15 is 0 Å². The van der Waals surface area contributed by atoms with Gasteiger partial charge in [-0.1, -0.05) is 0 Å². The van der Waals surface area contributed by atoms with Gasteiger partial charge in [-0.15, -0.1) is 0 Å². The predicted octanol–water partition coefficient (Wildman–Crippen LogP) is -0.390. The lowest BCUT2D eigenvalue weighted by Gasteiger charge is -2.12. The van der Waals surface area contributed by atoms with Crippen LogP contribution < -0.4 is 10.0 Å². The van der Waals surface area contributed by atoms with Crippen LogP contribution in [0, 0.1) is 0 Å². The third-order valence-corrected chi connectivity index (χ3v) is 4.68. The van der Waals surface area contributed by atoms with E-state index in [1.54, 1.807) is 0 Å². The predicted molar refractivity (Wildman–Crippen MR) is 66.0 cm³/mol. The number of unbranched alkanes of at least 4 members (excludes halogenated alkanes) is 1. The van der Waals surface area contributed by atoms with Crippen LogP contribution in [0.2, 0.25) is 0 Å². The first-order valence-corrected chi connectivity index (χ1v) is 7.41. The van der Waals surface area contributed by atoms with Gasteiger partial charge in [-0.3, -0.25) is 0 Å². The summed E-state index contributed by atoms with van der Waals surface area (Å²) in [6, 6.07) is 0. The summed E-state index contributed by atoms with van der Waals surface area (Å²) < 4.78 is 26.2. The quantitative estimate of drug-likeness (QED) is 0.603. The van der Waals surface area contributed by atoms with Crippen LogP contribution in [0.1, 0.15) is 19.3 Å². The van der Waals surface area contributed by atoms with E-state index < -0.39 is 10.0 Å². The zero-order chi connectivity index (χ0) is 12.0. The first kappa shape index (κ1) is 13.9. The molecule has 0 aliphatic carbocycles. The van der Waals surface area contributed by atoms with Gasteiger partial charge in [0.25, 0.3) is 0 Å². The van der Waals surface area contributed by atoms with E-state index in [0.717, 1.165) is 32.4 Å². The molecule has 2 N–H and O–H groups in total. The monoisotopic (exact) mass is 249 g/mol. The number of sulfonamides is 1. The molecular formula is C10H23N3O2S. The van der Waals surface area contributed by atoms with Crippen molar-refractivity contribution in [2.24, 2.45) is 0 Å². The fourth-order valence-corrected chi connectivity index (χ4v) is 3.21. The Hall–Kier alpha value is -0.170. The Bertz CT molecular complexity index is 284. The van der Waals surface area contributed by atoms with Gasteiger partial charge in [-0.25, -0.2) is 13.1 Å². The minimum atomic E-state index is -3.09. The SMILES string of the molecule is CN(C)CCCCNS(=O)(=O)C1CCNC1. The molecule has 0 aromatic rings. The van der Waals surface area contributed by atoms with Gasteiger partial charge in [0.15, 0.2) is 0 Å². The fraction of sp³-hybridized carbons (Fsp3) is 1.00. The highest BCUT2D eigenvalue weighted by Crippen LogP contribution is 2.08. The molecule has 96 valence electrons. The highest BCUT2D eigenvalue weighted by Gasteiger charge is 2.27. The molecule has 1 saturated heterocycles. The van der Waals surface area contributed by atoms with E-state index in [-0.39, 0.29) is 5.25 Å². The van der Waals surface area contributed by atoms with E-state index in [9.17, 15) is 8.42 Å². The topological polar surface area (TPSA) is 61.4 Å². The van der Waals surface area contributed by atoms with Crippen molar-refractivity contribution in [2.45, 2.75) is 24.5 Å². The molecule has 16 heavy (non-hydrogen) atoms. The lowest BCUT2D eigenvalue weighted by molar-refractivity contribution is 0.394. The Labute approximate surface area is 98.6 Å². The van der Waals surface area contributed by atoms with Crippen LogP contribution in [-0.4, -0.2) is 58.8 Å². The molecule has 1 fully saturated rings. The van der Waals surface area contributed by atoms with Gasteiger partial charge in [0.1, 0.15) is 0 Å². The Morgan fingerprint density at radius 1 is 1.38 bits per heavy atom. The van der Waals surface area contributed by atoms with Crippen LogP contribution in [0.15, 0.2) is 0 Å². The van der Waals surface area contributed by atoms with Gasteiger partial charge in [0, 0.05) is 13.1 Å². The second-order valence-corrected chi connectivity index (χ2v) is 6.61. The van der Waals surface area contributed by atoms with Gasteiger partial charge in [-0.2, -0.15) is 0 Å². The number of nitrogens with one attached hydrogen (secondary N) is 2. The molecule has 0 spiro atoms. The lowest BCUT2D eigenvalue weighted by Crippen LogP contribution is -2.36. The largest absolute Gasteiger partial charge is 0.315 e. The number of nitrogens with zero attached hydrogens (tertiary/aromatic N) is 1. The van der Waals surface area contributed by atoms with Gasteiger partial charge < -0.3 is 10.2 Å². The van der Waals surface area contributed by atoms with Crippen molar-refractivity contribution in [1.82, 2.24) is 14.9 Å². The average Bonchev–Trinajstić information content (AvgIpc) is 2.69. The summed E-state index contributed by atoms with van der Waals surface area (Å²) in [4.78, 5) is 2.11. The highest BCUT2D eigenvalue weighted by atomic mass is 32.2. The number of hydrogen-bond acceptors (Lipinski definition) is 4. The molecule has 0 aromatic carbocycles. The maximum absolute atomic E-state index is 11.8. The molecular weight excluding hydrogens is 226 g/mol. The summed E-state index contributed by atoms with van der Waals surface area (Å²) in [6.07, 6.45) is 2.66. The molecule has 1 aliphatic rings. The highest BCUT2D eigenvalue weighted by molar-refractivity contribution is 7.90. The summed E-state index contributed by atoms with van der Waals surface area (Å²) in [5.74, 6) is 0. The summed E-state index contributed by atoms with van der Waals surface area (Å²) >= 11 is 0. The van der Waals surface area contributed by atoms with Crippen molar-refractivity contribution in [1.29, 1.82) is 0 Å². The zero-order valence-corrected chi connectivity index (χ0v) is 11.0. The smallest absolute Gasteiger partial charge is 0.215 e. The van der Waals surface area contributed by atoms with Crippen LogP contribution in [0.5, 0.6) is 0 Å². The Balaban J connectivity index is 2.16. The third kappa shape index (κ3) is 4.78. The summed E-state index contributed by atoms with van der Waals surface area (Å²) in [5, 5.41) is 2.83. The fourth-order valence-electron chi connectivity index (χ4n) is 1.78. The Morgan fingerprint density at radius 2 is 2.12 bits per heavy atom. The van der Waals surface area contributed by atoms with E-state index in [4.69, 9.17) is 0 Å². The Kier molecular flexibility index (Phi) is 5.68. The van der Waals surface area contributed by atoms with E-state index in [2.05, 4.69) is 14.9 Å². The van der Waals surface area contributed by atoms with E-state index in [1.165, 1.54) is 0 Å². The number of rotatable bonds is 7. The summed E-state index contributed by atoms with van der Waals surface area (Å²) in [6.45, 7) is 2.97. The molecule has 0 bridgehead atoms. The molecule has 1 atom stereocenters. The van der Waals surface area contributed by atoms with Crippen LogP contribution in [0.4, 0.5) is 0 Å². The van der Waals surface area contributed by atoms with Crippen molar-refractivity contribution in [3.05, 3.63) is 0 Å². The standard InChI is InChI=1S/C10H23N3O2S/c1-13(2)8-4-3-6-12-16(14,15)10-5-7-11-9-10/h10-12H,3-9H2,1-2H3. The van der Waals surface area contributed by atoms with Crippen LogP contribution >= 0.6 is 0 Å². The lowest BCUT2D eigenvalue weighted by atomic mass is 10.3. The van der Waals surface area contributed by atoms with Gasteiger partial charge >= 0.3 is 0 Å². The van der Waals surface area contributed by atoms with Crippen molar-refractivity contribution in [3.63, 3.8) is 0 Å². The minimum Gasteiger partial charge on any atom is -0.315 e. The minimum absolute atomic E-state index is 0.235. The van der Waals surface area contributed by atoms with Crippen LogP contribution in [0.3, 0.4) is 0 Å². The summed E-state index contributed by atoms with van der Waals surface area (Å²) in [7, 11) is 0.958. The van der Waals surface area contributed by atoms with E-state index in [0.29, 0.717) is 13.1 Å². The van der Waals surface area contributed by atoms with Gasteiger partial charge in [0.2, 0.25) is 10.0 Å². The maximum Gasteiger partial charge on any atom is 0.215 e. The van der Waals surface area contributed by atoms with Crippen LogP contribution in [0.25, 0.3) is 0 Å². The second kappa shape index (κ2) is 6.54. The number of hydrogen-bond donors (Lipinski definition) is 2. The molecule has 5 nitrogen and oxygen atoms in total. The molecule has 6 heteroatoms. The van der Waals surface area contributed by atoms with Crippen LogP contribution in [-0.2, 0) is 10.0 Å². The molecule has 1 rings (SSSR count). The zero-order valence-electron chi connectivity index (χ0n) is 10.2. The van der Waals surface area contributed by atoms with Gasteiger partial charge in [0.05, 0.1) is 5.25 Å². The molecule has 0 saturated carbocycles. The first-order valence-electron chi connectivity index (χ1n) is 5.86. The normalized spacial score (nSPS) is 21.8. The average molecular weight is 249 g/mol. The van der Waals surface area contributed by atoms with Gasteiger partial charge in [-0.05, 0) is 46.4 Å². The molecule has 0 radical (unpaired) electrons. The first-order chi connectivity index (χ1) is 7.52. The second-order valence-electron chi connectivity index (χ2n) is 4.56. The molecule has 0 aromatic heterocycles. The molecule has 0 amide bonds. The van der Waals surface area contributed by atoms with Crippen molar-refractivity contribution in [3.8, 4) is 0 Å². The molecule has 1 heterocycles. The molecule has 1 unspecified atom stereocenters. The van der Waals surface area contributed by atoms with Crippen molar-refractivity contribution < 1.29 is 8.42 Å². The maximum atomic E-state index is 11.8.